The lowest BCUT2D eigenvalue weighted by Gasteiger charge is -2.15. The minimum absolute atomic E-state index is 0.120. The van der Waals surface area contributed by atoms with Crippen molar-refractivity contribution in [1.82, 2.24) is 4.90 Å². The van der Waals surface area contributed by atoms with Gasteiger partial charge in [-0.3, -0.25) is 9.69 Å². The number of carbonyl (C=O) groups excluding carboxylic acids is 1. The molecule has 0 amide bonds. The van der Waals surface area contributed by atoms with E-state index in [2.05, 4.69) is 23.1 Å². The van der Waals surface area contributed by atoms with Gasteiger partial charge in [0.05, 0.1) is 0 Å². The van der Waals surface area contributed by atoms with E-state index < -0.39 is 0 Å². The highest BCUT2D eigenvalue weighted by molar-refractivity contribution is 6.09. The molecular formula is C20H23NO. The maximum Gasteiger partial charge on any atom is 0.193 e. The average molecular weight is 293 g/mol. The molecule has 3 rings (SSSR count). The molecule has 2 aromatic rings. The van der Waals surface area contributed by atoms with Crippen LogP contribution in [0.3, 0.4) is 0 Å². The SMILES string of the molecule is Cc1cc(C)cc(C(=O)c2cccc(CN3CCCC3)c2)c1. The molecule has 0 bridgehead atoms. The molecule has 114 valence electrons. The summed E-state index contributed by atoms with van der Waals surface area (Å²) in [5.74, 6) is 0.120. The Balaban J connectivity index is 1.82. The summed E-state index contributed by atoms with van der Waals surface area (Å²) < 4.78 is 0. The lowest BCUT2D eigenvalue weighted by molar-refractivity contribution is 0.103. The molecule has 1 aliphatic heterocycles. The number of ketones is 1. The zero-order valence-corrected chi connectivity index (χ0v) is 13.4. The summed E-state index contributed by atoms with van der Waals surface area (Å²) in [6.07, 6.45) is 2.59. The van der Waals surface area contributed by atoms with Crippen molar-refractivity contribution in [3.63, 3.8) is 0 Å². The fraction of sp³-hybridized carbons (Fsp3) is 0.350. The fourth-order valence-corrected chi connectivity index (χ4v) is 3.28. The molecule has 2 nitrogen and oxygen atoms in total. The van der Waals surface area contributed by atoms with Crippen molar-refractivity contribution in [3.05, 3.63) is 70.3 Å². The second-order valence-electron chi connectivity index (χ2n) is 6.39. The molecule has 0 aromatic heterocycles. The predicted octanol–water partition coefficient (Wildman–Crippen LogP) is 4.13. The van der Waals surface area contributed by atoms with E-state index in [1.54, 1.807) is 0 Å². The Morgan fingerprint density at radius 2 is 1.64 bits per heavy atom. The number of aryl methyl sites for hydroxylation is 2. The Morgan fingerprint density at radius 3 is 2.32 bits per heavy atom. The van der Waals surface area contributed by atoms with E-state index in [9.17, 15) is 4.79 Å². The van der Waals surface area contributed by atoms with Gasteiger partial charge in [-0.25, -0.2) is 0 Å². The normalized spacial score (nSPS) is 15.2. The number of hydrogen-bond donors (Lipinski definition) is 0. The third-order valence-corrected chi connectivity index (χ3v) is 4.28. The van der Waals surface area contributed by atoms with Gasteiger partial charge in [-0.1, -0.05) is 35.4 Å². The molecule has 22 heavy (non-hydrogen) atoms. The molecule has 0 aliphatic carbocycles. The van der Waals surface area contributed by atoms with Crippen LogP contribution in [-0.4, -0.2) is 23.8 Å². The van der Waals surface area contributed by atoms with Crippen molar-refractivity contribution in [2.45, 2.75) is 33.2 Å². The van der Waals surface area contributed by atoms with Crippen molar-refractivity contribution in [3.8, 4) is 0 Å². The van der Waals surface area contributed by atoms with Crippen LogP contribution < -0.4 is 0 Å². The maximum absolute atomic E-state index is 12.7. The van der Waals surface area contributed by atoms with E-state index in [1.165, 1.54) is 31.5 Å². The number of likely N-dealkylation sites (tertiary alicyclic amines) is 1. The molecular weight excluding hydrogens is 270 g/mol. The Labute approximate surface area is 132 Å². The molecule has 0 saturated carbocycles. The lowest BCUT2D eigenvalue weighted by atomic mass is 9.98. The molecule has 2 aromatic carbocycles. The third-order valence-electron chi connectivity index (χ3n) is 4.28. The number of carbonyl (C=O) groups is 1. The summed E-state index contributed by atoms with van der Waals surface area (Å²) in [4.78, 5) is 15.2. The first kappa shape index (κ1) is 15.0. The van der Waals surface area contributed by atoms with E-state index >= 15 is 0 Å². The van der Waals surface area contributed by atoms with Crippen molar-refractivity contribution < 1.29 is 4.79 Å². The summed E-state index contributed by atoms with van der Waals surface area (Å²) in [6.45, 7) is 7.37. The van der Waals surface area contributed by atoms with Gasteiger partial charge in [-0.05, 0) is 63.5 Å². The van der Waals surface area contributed by atoms with Gasteiger partial charge in [0.1, 0.15) is 0 Å². The fourth-order valence-electron chi connectivity index (χ4n) is 3.28. The van der Waals surface area contributed by atoms with Gasteiger partial charge in [-0.15, -0.1) is 0 Å². The van der Waals surface area contributed by atoms with Crippen molar-refractivity contribution >= 4 is 5.78 Å². The van der Waals surface area contributed by atoms with E-state index in [1.807, 2.05) is 38.1 Å². The largest absolute Gasteiger partial charge is 0.299 e. The number of nitrogens with zero attached hydrogens (tertiary/aromatic N) is 1. The second kappa shape index (κ2) is 6.45. The van der Waals surface area contributed by atoms with Crippen molar-refractivity contribution in [1.29, 1.82) is 0 Å². The number of benzene rings is 2. The maximum atomic E-state index is 12.7. The van der Waals surface area contributed by atoms with Crippen LogP contribution in [0.2, 0.25) is 0 Å². The van der Waals surface area contributed by atoms with Crippen LogP contribution in [0.5, 0.6) is 0 Å². The first-order valence-electron chi connectivity index (χ1n) is 8.06. The highest BCUT2D eigenvalue weighted by Gasteiger charge is 2.14. The average Bonchev–Trinajstić information content (AvgIpc) is 2.98. The molecule has 1 heterocycles. The highest BCUT2D eigenvalue weighted by Crippen LogP contribution is 2.17. The second-order valence-corrected chi connectivity index (χ2v) is 6.39. The van der Waals surface area contributed by atoms with Crippen LogP contribution >= 0.6 is 0 Å². The van der Waals surface area contributed by atoms with Gasteiger partial charge in [0.15, 0.2) is 5.78 Å². The van der Waals surface area contributed by atoms with E-state index in [-0.39, 0.29) is 5.78 Å². The van der Waals surface area contributed by atoms with Gasteiger partial charge < -0.3 is 0 Å². The lowest BCUT2D eigenvalue weighted by Crippen LogP contribution is -2.18. The van der Waals surface area contributed by atoms with Crippen LogP contribution in [0.25, 0.3) is 0 Å². The zero-order chi connectivity index (χ0) is 15.5. The predicted molar refractivity (Wildman–Crippen MR) is 90.3 cm³/mol. The summed E-state index contributed by atoms with van der Waals surface area (Å²) in [7, 11) is 0. The molecule has 0 spiro atoms. The summed E-state index contributed by atoms with van der Waals surface area (Å²) in [6, 6.07) is 14.1. The Hall–Kier alpha value is -1.93. The van der Waals surface area contributed by atoms with Gasteiger partial charge in [0.2, 0.25) is 0 Å². The molecule has 0 unspecified atom stereocenters. The minimum Gasteiger partial charge on any atom is -0.299 e. The van der Waals surface area contributed by atoms with Crippen molar-refractivity contribution in [2.75, 3.05) is 13.1 Å². The van der Waals surface area contributed by atoms with Crippen LogP contribution in [0.15, 0.2) is 42.5 Å². The third kappa shape index (κ3) is 3.45. The molecule has 1 aliphatic rings. The first-order valence-corrected chi connectivity index (χ1v) is 8.06. The molecule has 1 saturated heterocycles. The topological polar surface area (TPSA) is 20.3 Å². The van der Waals surface area contributed by atoms with Crippen LogP contribution in [0.4, 0.5) is 0 Å². The summed E-state index contributed by atoms with van der Waals surface area (Å²) >= 11 is 0. The quantitative estimate of drug-likeness (QED) is 0.790. The van der Waals surface area contributed by atoms with E-state index in [4.69, 9.17) is 0 Å². The van der Waals surface area contributed by atoms with Gasteiger partial charge in [0, 0.05) is 17.7 Å². The van der Waals surface area contributed by atoms with Crippen LogP contribution in [0, 0.1) is 13.8 Å². The molecule has 0 N–H and O–H groups in total. The zero-order valence-electron chi connectivity index (χ0n) is 13.4. The Kier molecular flexibility index (Phi) is 4.39. The highest BCUT2D eigenvalue weighted by atomic mass is 16.1. The van der Waals surface area contributed by atoms with Crippen molar-refractivity contribution in [2.24, 2.45) is 0 Å². The Morgan fingerprint density at radius 1 is 0.955 bits per heavy atom. The number of rotatable bonds is 4. The Bertz CT molecular complexity index is 664. The molecule has 0 atom stereocenters. The van der Waals surface area contributed by atoms with E-state index in [0.717, 1.165) is 28.8 Å². The molecule has 2 heteroatoms. The molecule has 0 radical (unpaired) electrons. The van der Waals surface area contributed by atoms with Gasteiger partial charge >= 0.3 is 0 Å². The number of hydrogen-bond acceptors (Lipinski definition) is 2. The first-order chi connectivity index (χ1) is 10.6. The van der Waals surface area contributed by atoms with E-state index in [0.29, 0.717) is 0 Å². The summed E-state index contributed by atoms with van der Waals surface area (Å²) in [5.41, 5.74) is 5.09. The standard InChI is InChI=1S/C20H23NO/c1-15-10-16(2)12-19(11-15)20(22)18-7-5-6-17(13-18)14-21-8-3-4-9-21/h5-7,10-13H,3-4,8-9,14H2,1-2H3. The minimum atomic E-state index is 0.120. The summed E-state index contributed by atoms with van der Waals surface area (Å²) in [5, 5.41) is 0. The van der Waals surface area contributed by atoms with Crippen LogP contribution in [0.1, 0.15) is 45.5 Å². The van der Waals surface area contributed by atoms with Gasteiger partial charge in [0.25, 0.3) is 0 Å². The monoisotopic (exact) mass is 293 g/mol. The molecule has 1 fully saturated rings. The van der Waals surface area contributed by atoms with Crippen LogP contribution in [-0.2, 0) is 6.54 Å². The smallest absolute Gasteiger partial charge is 0.193 e. The van der Waals surface area contributed by atoms with Gasteiger partial charge in [-0.2, -0.15) is 0 Å².